The Morgan fingerprint density at radius 1 is 1.20 bits per heavy atom. The summed E-state index contributed by atoms with van der Waals surface area (Å²) in [5.41, 5.74) is 9.93. The Hall–Kier alpha value is -4.44. The molecule has 0 radical (unpaired) electrons. The van der Waals surface area contributed by atoms with Gasteiger partial charge in [0, 0.05) is 48.0 Å². The van der Waals surface area contributed by atoms with Gasteiger partial charge in [-0.1, -0.05) is 12.6 Å². The fraction of sp³-hybridized carbons (Fsp3) is 0.200. The van der Waals surface area contributed by atoms with Crippen molar-refractivity contribution in [3.63, 3.8) is 0 Å². The number of nitrogens with zero attached hydrogens (tertiary/aromatic N) is 3. The number of nitrogen functional groups attached to an aromatic ring is 1. The summed E-state index contributed by atoms with van der Waals surface area (Å²) in [5.74, 6) is 0.571. The molecule has 10 heteroatoms. The van der Waals surface area contributed by atoms with E-state index in [9.17, 15) is 4.79 Å². The van der Waals surface area contributed by atoms with Crippen LogP contribution in [0, 0.1) is 5.41 Å². The molecular weight excluding hydrogens is 446 g/mol. The van der Waals surface area contributed by atoms with Gasteiger partial charge in [-0.25, -0.2) is 4.98 Å². The number of ether oxygens (including phenoxy) is 2. The number of benzene rings is 2. The number of hydrogen-bond donors (Lipinski definition) is 4. The molecule has 1 amide bonds. The molecule has 0 atom stereocenters. The molecule has 1 aliphatic rings. The molecule has 3 aromatic rings. The third-order valence-corrected chi connectivity index (χ3v) is 5.47. The molecule has 4 rings (SSSR count). The molecule has 0 unspecified atom stereocenters. The topological polar surface area (TPSA) is 138 Å². The molecule has 0 aliphatic carbocycles. The van der Waals surface area contributed by atoms with E-state index in [-0.39, 0.29) is 17.7 Å². The highest BCUT2D eigenvalue weighted by atomic mass is 16.5. The third-order valence-electron chi connectivity index (χ3n) is 5.47. The first-order valence-corrected chi connectivity index (χ1v) is 11.0. The predicted molar refractivity (Wildman–Crippen MR) is 138 cm³/mol. The average Bonchev–Trinajstić information content (AvgIpc) is 2.88. The number of rotatable bonds is 8. The average molecular weight is 474 g/mol. The number of carbonyl (C=O) groups excluding carboxylic acids is 1. The van der Waals surface area contributed by atoms with Crippen LogP contribution in [0.25, 0.3) is 11.3 Å². The van der Waals surface area contributed by atoms with E-state index in [1.807, 2.05) is 24.3 Å². The molecule has 1 aromatic heterocycles. The van der Waals surface area contributed by atoms with Crippen LogP contribution in [0.4, 0.5) is 28.8 Å². The number of methoxy groups -OCH3 is 1. The molecule has 5 N–H and O–H groups in total. The van der Waals surface area contributed by atoms with Crippen LogP contribution in [0.3, 0.4) is 0 Å². The molecule has 2 aromatic carbocycles. The second-order valence-electron chi connectivity index (χ2n) is 7.76. The number of nitrogens with one attached hydrogen (secondary N) is 3. The van der Waals surface area contributed by atoms with Gasteiger partial charge in [0.05, 0.1) is 31.6 Å². The highest BCUT2D eigenvalue weighted by Gasteiger charge is 2.16. The largest absolute Gasteiger partial charge is 0.497 e. The molecule has 35 heavy (non-hydrogen) atoms. The standard InChI is InChI=1S/C25H27N7O3/c1-3-22(33)28-18-11-16(12-20(14-18)34-2)23-21(15-26)24(27)31-25(30-23)29-17-5-4-6-19(13-17)32-7-9-35-10-8-32/h3-6,11-15,26H,1,7-10H2,2H3,(H,28,33)(H3,27,29,30,31). The lowest BCUT2D eigenvalue weighted by Crippen LogP contribution is -2.36. The second kappa shape index (κ2) is 10.7. The van der Waals surface area contributed by atoms with Crippen LogP contribution in [0.2, 0.25) is 0 Å². The van der Waals surface area contributed by atoms with Gasteiger partial charge in [-0.2, -0.15) is 4.98 Å². The smallest absolute Gasteiger partial charge is 0.247 e. The van der Waals surface area contributed by atoms with Crippen LogP contribution >= 0.6 is 0 Å². The Labute approximate surface area is 203 Å². The molecular formula is C25H27N7O3. The van der Waals surface area contributed by atoms with Crippen molar-refractivity contribution in [2.45, 2.75) is 0 Å². The Kier molecular flexibility index (Phi) is 7.22. The Morgan fingerprint density at radius 2 is 2.00 bits per heavy atom. The summed E-state index contributed by atoms with van der Waals surface area (Å²) in [6.07, 6.45) is 2.28. The van der Waals surface area contributed by atoms with Gasteiger partial charge in [-0.05, 0) is 36.4 Å². The van der Waals surface area contributed by atoms with Crippen LogP contribution < -0.4 is 26.0 Å². The van der Waals surface area contributed by atoms with Gasteiger partial charge >= 0.3 is 0 Å². The van der Waals surface area contributed by atoms with Gasteiger partial charge in [-0.3, -0.25) is 4.79 Å². The number of nitrogens with two attached hydrogens (primary N) is 1. The molecule has 0 spiro atoms. The monoisotopic (exact) mass is 473 g/mol. The van der Waals surface area contributed by atoms with Crippen molar-refractivity contribution in [2.24, 2.45) is 0 Å². The second-order valence-corrected chi connectivity index (χ2v) is 7.76. The van der Waals surface area contributed by atoms with Gasteiger partial charge in [0.2, 0.25) is 11.9 Å². The lowest BCUT2D eigenvalue weighted by molar-refractivity contribution is -0.111. The Bertz CT molecular complexity index is 1260. The van der Waals surface area contributed by atoms with Crippen molar-refractivity contribution in [1.82, 2.24) is 9.97 Å². The SMILES string of the molecule is C=CC(=O)Nc1cc(OC)cc(-c2nc(Nc3cccc(N4CCOCC4)c3)nc(N)c2C=N)c1. The maximum absolute atomic E-state index is 11.8. The van der Waals surface area contributed by atoms with Crippen LogP contribution in [0.15, 0.2) is 55.1 Å². The van der Waals surface area contributed by atoms with Gasteiger partial charge in [0.1, 0.15) is 11.6 Å². The summed E-state index contributed by atoms with van der Waals surface area (Å²) < 4.78 is 10.8. The maximum atomic E-state index is 11.8. The number of aromatic nitrogens is 2. The molecule has 180 valence electrons. The van der Waals surface area contributed by atoms with Gasteiger partial charge in [0.15, 0.2) is 0 Å². The normalized spacial score (nSPS) is 13.1. The zero-order valence-corrected chi connectivity index (χ0v) is 19.4. The molecule has 0 bridgehead atoms. The first kappa shape index (κ1) is 23.7. The van der Waals surface area contributed by atoms with E-state index in [1.165, 1.54) is 13.2 Å². The highest BCUT2D eigenvalue weighted by molar-refractivity contribution is 6.00. The van der Waals surface area contributed by atoms with E-state index < -0.39 is 0 Å². The molecule has 0 saturated carbocycles. The lowest BCUT2D eigenvalue weighted by Gasteiger charge is -2.29. The van der Waals surface area contributed by atoms with E-state index in [4.69, 9.17) is 20.6 Å². The van der Waals surface area contributed by atoms with Crippen LogP contribution in [-0.4, -0.2) is 55.5 Å². The van der Waals surface area contributed by atoms with Gasteiger partial charge in [-0.15, -0.1) is 0 Å². The van der Waals surface area contributed by atoms with Crippen molar-refractivity contribution in [2.75, 3.05) is 54.7 Å². The van der Waals surface area contributed by atoms with E-state index in [1.54, 1.807) is 18.2 Å². The molecule has 1 fully saturated rings. The summed E-state index contributed by atoms with van der Waals surface area (Å²) in [6.45, 7) is 6.52. The van der Waals surface area contributed by atoms with Crippen molar-refractivity contribution < 1.29 is 14.3 Å². The number of carbonyl (C=O) groups is 1. The lowest BCUT2D eigenvalue weighted by atomic mass is 10.1. The van der Waals surface area contributed by atoms with Crippen molar-refractivity contribution in [3.05, 3.63) is 60.7 Å². The molecule has 1 aliphatic heterocycles. The predicted octanol–water partition coefficient (Wildman–Crippen LogP) is 3.44. The number of anilines is 5. The van der Waals surface area contributed by atoms with Crippen molar-refractivity contribution in [3.8, 4) is 17.0 Å². The Morgan fingerprint density at radius 3 is 2.71 bits per heavy atom. The summed E-state index contributed by atoms with van der Waals surface area (Å²) in [7, 11) is 1.53. The fourth-order valence-electron chi connectivity index (χ4n) is 3.76. The quantitative estimate of drug-likeness (QED) is 0.288. The summed E-state index contributed by atoms with van der Waals surface area (Å²) in [4.78, 5) is 23.1. The number of morpholine rings is 1. The molecule has 2 heterocycles. The first-order valence-electron chi connectivity index (χ1n) is 11.0. The number of hydrogen-bond acceptors (Lipinski definition) is 9. The molecule has 10 nitrogen and oxygen atoms in total. The maximum Gasteiger partial charge on any atom is 0.247 e. The van der Waals surface area contributed by atoms with Gasteiger partial charge in [0.25, 0.3) is 0 Å². The zero-order valence-electron chi connectivity index (χ0n) is 19.4. The summed E-state index contributed by atoms with van der Waals surface area (Å²) in [6, 6.07) is 13.1. The summed E-state index contributed by atoms with van der Waals surface area (Å²) >= 11 is 0. The third kappa shape index (κ3) is 5.56. The van der Waals surface area contributed by atoms with E-state index in [2.05, 4.69) is 32.1 Å². The zero-order chi connectivity index (χ0) is 24.8. The minimum atomic E-state index is -0.360. The molecule has 1 saturated heterocycles. The van der Waals surface area contributed by atoms with E-state index in [0.29, 0.717) is 41.5 Å². The van der Waals surface area contributed by atoms with Crippen LogP contribution in [-0.2, 0) is 9.53 Å². The summed E-state index contributed by atoms with van der Waals surface area (Å²) in [5, 5.41) is 13.8. The highest BCUT2D eigenvalue weighted by Crippen LogP contribution is 2.32. The van der Waals surface area contributed by atoms with E-state index >= 15 is 0 Å². The minimum absolute atomic E-state index is 0.149. The van der Waals surface area contributed by atoms with Crippen LogP contribution in [0.5, 0.6) is 5.75 Å². The Balaban J connectivity index is 1.70. The fourth-order valence-corrected chi connectivity index (χ4v) is 3.76. The van der Waals surface area contributed by atoms with Gasteiger partial charge < -0.3 is 36.2 Å². The van der Waals surface area contributed by atoms with Crippen LogP contribution in [0.1, 0.15) is 5.56 Å². The first-order chi connectivity index (χ1) is 17.0. The van der Waals surface area contributed by atoms with E-state index in [0.717, 1.165) is 30.7 Å². The van der Waals surface area contributed by atoms with Crippen molar-refractivity contribution in [1.29, 1.82) is 5.41 Å². The number of amides is 1. The van der Waals surface area contributed by atoms with Crippen molar-refractivity contribution >= 4 is 41.0 Å². The minimum Gasteiger partial charge on any atom is -0.497 e.